The van der Waals surface area contributed by atoms with E-state index in [0.29, 0.717) is 34.2 Å². The third-order valence-corrected chi connectivity index (χ3v) is 4.60. The first-order valence-corrected chi connectivity index (χ1v) is 8.74. The van der Waals surface area contributed by atoms with E-state index < -0.39 is 5.92 Å². The van der Waals surface area contributed by atoms with E-state index in [9.17, 15) is 13.6 Å². The third kappa shape index (κ3) is 3.57. The molecule has 10 heteroatoms. The second-order valence-corrected chi connectivity index (χ2v) is 6.51. The summed E-state index contributed by atoms with van der Waals surface area (Å²) in [6, 6.07) is 4.99. The number of hydrogen-bond donors (Lipinski definition) is 2. The minimum absolute atomic E-state index is 0.0423. The van der Waals surface area contributed by atoms with Crippen LogP contribution in [0.3, 0.4) is 0 Å². The van der Waals surface area contributed by atoms with Gasteiger partial charge < -0.3 is 19.9 Å². The monoisotopic (exact) mass is 388 g/mol. The zero-order chi connectivity index (χ0) is 19.7. The molecule has 2 N–H and O–H groups in total. The molecule has 28 heavy (non-hydrogen) atoms. The number of carbonyl (C=O) groups is 1. The number of ether oxygens (including phenoxy) is 1. The summed E-state index contributed by atoms with van der Waals surface area (Å²) in [5.74, 6) is -1.62. The minimum Gasteiger partial charge on any atom is -0.479 e. The Kier molecular flexibility index (Phi) is 4.54. The van der Waals surface area contributed by atoms with Gasteiger partial charge >= 0.3 is 0 Å². The van der Waals surface area contributed by atoms with Crippen LogP contribution in [0.25, 0.3) is 11.0 Å². The van der Waals surface area contributed by atoms with E-state index in [4.69, 9.17) is 4.74 Å². The van der Waals surface area contributed by atoms with Crippen molar-refractivity contribution in [3.05, 3.63) is 36.2 Å². The van der Waals surface area contributed by atoms with E-state index in [1.165, 1.54) is 18.2 Å². The molecule has 0 bridgehead atoms. The maximum Gasteiger partial charge on any atom is 0.255 e. The van der Waals surface area contributed by atoms with Gasteiger partial charge in [0.25, 0.3) is 11.8 Å². The molecule has 1 aliphatic rings. The van der Waals surface area contributed by atoms with Gasteiger partial charge in [-0.2, -0.15) is 0 Å². The van der Waals surface area contributed by atoms with Gasteiger partial charge in [-0.3, -0.25) is 4.79 Å². The van der Waals surface area contributed by atoms with Crippen molar-refractivity contribution < 1.29 is 18.3 Å². The molecule has 0 saturated carbocycles. The summed E-state index contributed by atoms with van der Waals surface area (Å²) in [5, 5.41) is 3.02. The Morgan fingerprint density at radius 1 is 1.25 bits per heavy atom. The fourth-order valence-corrected chi connectivity index (χ4v) is 3.06. The summed E-state index contributed by atoms with van der Waals surface area (Å²) in [7, 11) is 1.52. The number of halogens is 2. The number of rotatable bonds is 4. The molecule has 0 aliphatic carbocycles. The van der Waals surface area contributed by atoms with Crippen LogP contribution in [0.15, 0.2) is 30.6 Å². The smallest absolute Gasteiger partial charge is 0.255 e. The molecule has 8 nitrogen and oxygen atoms in total. The normalized spacial score (nSPS) is 16.2. The first-order chi connectivity index (χ1) is 13.4. The second kappa shape index (κ2) is 7.02. The van der Waals surface area contributed by atoms with Crippen molar-refractivity contribution in [3.8, 4) is 5.88 Å². The number of fused-ring (bicyclic) bond motifs is 1. The van der Waals surface area contributed by atoms with Crippen molar-refractivity contribution in [2.75, 3.05) is 25.5 Å². The highest BCUT2D eigenvalue weighted by molar-refractivity contribution is 5.94. The molecule has 3 aromatic heterocycles. The Labute approximate surface area is 159 Å². The molecule has 0 radical (unpaired) electrons. The van der Waals surface area contributed by atoms with Crippen LogP contribution in [-0.4, -0.2) is 56.9 Å². The number of piperidine rings is 1. The van der Waals surface area contributed by atoms with Gasteiger partial charge in [-0.1, -0.05) is 0 Å². The minimum atomic E-state index is -2.69. The lowest BCUT2D eigenvalue weighted by atomic mass is 10.1. The number of anilines is 2. The van der Waals surface area contributed by atoms with Crippen LogP contribution in [0, 0.1) is 0 Å². The number of carbonyl (C=O) groups excluding carboxylic acids is 1. The number of hydrogen-bond acceptors (Lipinski definition) is 6. The van der Waals surface area contributed by atoms with Gasteiger partial charge in [-0.15, -0.1) is 0 Å². The number of nitrogens with zero attached hydrogens (tertiary/aromatic N) is 4. The Bertz CT molecular complexity index is 995. The molecule has 146 valence electrons. The molecular formula is C18H18F2N6O2. The van der Waals surface area contributed by atoms with E-state index in [-0.39, 0.29) is 31.8 Å². The van der Waals surface area contributed by atoms with Gasteiger partial charge in [0.15, 0.2) is 0 Å². The van der Waals surface area contributed by atoms with E-state index in [1.807, 2.05) is 0 Å². The van der Waals surface area contributed by atoms with Gasteiger partial charge in [0.05, 0.1) is 18.2 Å². The van der Waals surface area contributed by atoms with Crippen LogP contribution in [0.1, 0.15) is 23.2 Å². The van der Waals surface area contributed by atoms with Crippen LogP contribution in [-0.2, 0) is 0 Å². The number of alkyl halides is 2. The summed E-state index contributed by atoms with van der Waals surface area (Å²) in [5.41, 5.74) is 1.69. The van der Waals surface area contributed by atoms with Crippen molar-refractivity contribution in [1.29, 1.82) is 0 Å². The maximum absolute atomic E-state index is 13.2. The van der Waals surface area contributed by atoms with Crippen LogP contribution < -0.4 is 10.1 Å². The molecular weight excluding hydrogens is 370 g/mol. The Balaban J connectivity index is 1.46. The van der Waals surface area contributed by atoms with Gasteiger partial charge in [-0.25, -0.2) is 23.7 Å². The first-order valence-electron chi connectivity index (χ1n) is 8.74. The lowest BCUT2D eigenvalue weighted by Crippen LogP contribution is -2.42. The molecule has 1 amide bonds. The van der Waals surface area contributed by atoms with Crippen molar-refractivity contribution >= 4 is 28.7 Å². The number of aromatic nitrogens is 4. The number of imidazole rings is 1. The molecule has 1 saturated heterocycles. The second-order valence-electron chi connectivity index (χ2n) is 6.51. The first kappa shape index (κ1) is 18.1. The average molecular weight is 388 g/mol. The predicted octanol–water partition coefficient (Wildman–Crippen LogP) is 2.98. The molecule has 1 fully saturated rings. The largest absolute Gasteiger partial charge is 0.479 e. The van der Waals surface area contributed by atoms with Crippen molar-refractivity contribution in [2.45, 2.75) is 18.8 Å². The number of nitrogens with one attached hydrogen (secondary N) is 2. The fraction of sp³-hybridized carbons (Fsp3) is 0.333. The third-order valence-electron chi connectivity index (χ3n) is 4.60. The Morgan fingerprint density at radius 3 is 2.71 bits per heavy atom. The van der Waals surface area contributed by atoms with E-state index >= 15 is 0 Å². The number of H-pyrrole nitrogens is 1. The van der Waals surface area contributed by atoms with Gasteiger partial charge in [-0.05, 0) is 18.2 Å². The van der Waals surface area contributed by atoms with Crippen molar-refractivity contribution in [3.63, 3.8) is 0 Å². The molecule has 0 aromatic carbocycles. The SMILES string of the molecule is COc1nccc2nc(Nc3ccc(C(=O)N4CCC(F)(F)CC4)cn3)[nH]c12. The number of amides is 1. The van der Waals surface area contributed by atoms with Gasteiger partial charge in [0, 0.05) is 38.3 Å². The highest BCUT2D eigenvalue weighted by atomic mass is 19.3. The highest BCUT2D eigenvalue weighted by Gasteiger charge is 2.35. The van der Waals surface area contributed by atoms with Crippen molar-refractivity contribution in [2.24, 2.45) is 0 Å². The van der Waals surface area contributed by atoms with Crippen molar-refractivity contribution in [1.82, 2.24) is 24.8 Å². The molecule has 0 spiro atoms. The number of methoxy groups -OCH3 is 1. The quantitative estimate of drug-likeness (QED) is 0.713. The number of aromatic amines is 1. The summed E-state index contributed by atoms with van der Waals surface area (Å²) < 4.78 is 31.7. The Morgan fingerprint density at radius 2 is 2.04 bits per heavy atom. The fourth-order valence-electron chi connectivity index (χ4n) is 3.06. The van der Waals surface area contributed by atoms with E-state index in [1.54, 1.807) is 24.4 Å². The molecule has 4 rings (SSSR count). The topological polar surface area (TPSA) is 96.0 Å². The summed E-state index contributed by atoms with van der Waals surface area (Å²) in [6.07, 6.45) is 2.40. The lowest BCUT2D eigenvalue weighted by Gasteiger charge is -2.31. The van der Waals surface area contributed by atoms with Gasteiger partial charge in [0.1, 0.15) is 11.3 Å². The Hall–Kier alpha value is -3.30. The predicted molar refractivity (Wildman–Crippen MR) is 98.0 cm³/mol. The zero-order valence-corrected chi connectivity index (χ0v) is 15.1. The number of pyridine rings is 2. The molecule has 0 atom stereocenters. The molecule has 1 aliphatic heterocycles. The average Bonchev–Trinajstić information content (AvgIpc) is 3.10. The molecule has 4 heterocycles. The maximum atomic E-state index is 13.2. The van der Waals surface area contributed by atoms with Crippen LogP contribution in [0.4, 0.5) is 20.5 Å². The summed E-state index contributed by atoms with van der Waals surface area (Å²) in [4.78, 5) is 29.7. The standard InChI is InChI=1S/C18H18F2N6O2/c1-28-15-14-12(4-7-21-15)23-17(25-14)24-13-3-2-11(10-22-13)16(27)26-8-5-18(19,20)6-9-26/h2-4,7,10H,5-6,8-9H2,1H3,(H2,22,23,24,25). The molecule has 0 unspecified atom stereocenters. The van der Waals surface area contributed by atoms with E-state index in [2.05, 4.69) is 25.3 Å². The summed E-state index contributed by atoms with van der Waals surface area (Å²) >= 11 is 0. The van der Waals surface area contributed by atoms with E-state index in [0.717, 1.165) is 0 Å². The summed E-state index contributed by atoms with van der Waals surface area (Å²) in [6.45, 7) is 0.0847. The van der Waals surface area contributed by atoms with Crippen LogP contribution in [0.5, 0.6) is 5.88 Å². The molecule has 3 aromatic rings. The van der Waals surface area contributed by atoms with Gasteiger partial charge in [0.2, 0.25) is 11.8 Å². The number of likely N-dealkylation sites (tertiary alicyclic amines) is 1. The highest BCUT2D eigenvalue weighted by Crippen LogP contribution is 2.28. The van der Waals surface area contributed by atoms with Crippen LogP contribution >= 0.6 is 0 Å². The van der Waals surface area contributed by atoms with Crippen LogP contribution in [0.2, 0.25) is 0 Å². The lowest BCUT2D eigenvalue weighted by molar-refractivity contribution is -0.0494. The zero-order valence-electron chi connectivity index (χ0n) is 15.1.